The van der Waals surface area contributed by atoms with Crippen molar-refractivity contribution >= 4 is 0 Å². The fourth-order valence-electron chi connectivity index (χ4n) is 2.21. The third kappa shape index (κ3) is 1.34. The van der Waals surface area contributed by atoms with E-state index in [1.165, 1.54) is 12.8 Å². The lowest BCUT2D eigenvalue weighted by atomic mass is 10.1. The van der Waals surface area contributed by atoms with Gasteiger partial charge in [0.2, 0.25) is 0 Å². The van der Waals surface area contributed by atoms with Crippen LogP contribution in [0.25, 0.3) is 0 Å². The summed E-state index contributed by atoms with van der Waals surface area (Å²) in [5.41, 5.74) is 1.13. The van der Waals surface area contributed by atoms with Gasteiger partial charge in [0, 0.05) is 11.8 Å². The molecule has 0 aliphatic heterocycles. The summed E-state index contributed by atoms with van der Waals surface area (Å²) in [4.78, 5) is 0. The molecule has 1 heteroatoms. The maximum Gasteiger partial charge on any atom is 0.0704 e. The highest BCUT2D eigenvalue weighted by molar-refractivity contribution is 5.13. The van der Waals surface area contributed by atoms with E-state index in [2.05, 4.69) is 18.7 Å². The van der Waals surface area contributed by atoms with Crippen LogP contribution < -0.4 is 0 Å². The molecule has 1 saturated carbocycles. The Morgan fingerprint density at radius 1 is 1.42 bits per heavy atom. The SMILES string of the molecule is C=C(C)COC1[C@H]2C=C[C@H]1CC2. The van der Waals surface area contributed by atoms with Gasteiger partial charge in [-0.05, 0) is 19.8 Å². The van der Waals surface area contributed by atoms with Gasteiger partial charge in [-0.15, -0.1) is 0 Å². The molecule has 1 nitrogen and oxygen atoms in total. The fraction of sp³-hybridized carbons (Fsp3) is 0.636. The first-order valence-electron chi connectivity index (χ1n) is 4.71. The predicted molar refractivity (Wildman–Crippen MR) is 49.9 cm³/mol. The highest BCUT2D eigenvalue weighted by Crippen LogP contribution is 2.41. The van der Waals surface area contributed by atoms with Crippen molar-refractivity contribution in [2.45, 2.75) is 25.9 Å². The lowest BCUT2D eigenvalue weighted by Gasteiger charge is -2.16. The lowest BCUT2D eigenvalue weighted by molar-refractivity contribution is 0.0438. The van der Waals surface area contributed by atoms with Gasteiger partial charge in [0.05, 0.1) is 12.7 Å². The van der Waals surface area contributed by atoms with Crippen LogP contribution in [0.3, 0.4) is 0 Å². The third-order valence-corrected chi connectivity index (χ3v) is 2.80. The highest BCUT2D eigenvalue weighted by atomic mass is 16.5. The molecule has 12 heavy (non-hydrogen) atoms. The number of fused-ring (bicyclic) bond motifs is 2. The van der Waals surface area contributed by atoms with Crippen LogP contribution in [0.1, 0.15) is 19.8 Å². The van der Waals surface area contributed by atoms with Crippen LogP contribution in [0, 0.1) is 11.8 Å². The van der Waals surface area contributed by atoms with E-state index in [0.29, 0.717) is 17.9 Å². The van der Waals surface area contributed by atoms with Gasteiger partial charge >= 0.3 is 0 Å². The molecular formula is C11H16O. The zero-order chi connectivity index (χ0) is 8.55. The summed E-state index contributed by atoms with van der Waals surface area (Å²) in [6, 6.07) is 0. The summed E-state index contributed by atoms with van der Waals surface area (Å²) >= 11 is 0. The molecule has 2 aliphatic carbocycles. The van der Waals surface area contributed by atoms with Crippen LogP contribution in [0.15, 0.2) is 24.3 Å². The Morgan fingerprint density at radius 2 is 2.00 bits per heavy atom. The molecule has 0 heterocycles. The number of rotatable bonds is 3. The van der Waals surface area contributed by atoms with Crippen molar-refractivity contribution in [2.24, 2.45) is 11.8 Å². The first-order valence-corrected chi connectivity index (χ1v) is 4.71. The number of ether oxygens (including phenoxy) is 1. The molecule has 0 unspecified atom stereocenters. The Balaban J connectivity index is 1.87. The van der Waals surface area contributed by atoms with Gasteiger partial charge < -0.3 is 4.74 Å². The average molecular weight is 164 g/mol. The van der Waals surface area contributed by atoms with Crippen molar-refractivity contribution in [3.63, 3.8) is 0 Å². The summed E-state index contributed by atoms with van der Waals surface area (Å²) in [7, 11) is 0. The van der Waals surface area contributed by atoms with Gasteiger partial charge in [-0.2, -0.15) is 0 Å². The molecule has 2 rings (SSSR count). The minimum absolute atomic E-state index is 0.474. The first-order chi connectivity index (χ1) is 5.77. The molecule has 0 amide bonds. The smallest absolute Gasteiger partial charge is 0.0704 e. The van der Waals surface area contributed by atoms with Crippen molar-refractivity contribution in [2.75, 3.05) is 6.61 Å². The molecule has 0 aromatic carbocycles. The monoisotopic (exact) mass is 164 g/mol. The Bertz CT molecular complexity index is 203. The highest BCUT2D eigenvalue weighted by Gasteiger charge is 2.38. The van der Waals surface area contributed by atoms with Gasteiger partial charge in [-0.3, -0.25) is 0 Å². The van der Waals surface area contributed by atoms with E-state index in [0.717, 1.165) is 12.2 Å². The van der Waals surface area contributed by atoms with Crippen molar-refractivity contribution in [1.82, 2.24) is 0 Å². The second kappa shape index (κ2) is 3.06. The van der Waals surface area contributed by atoms with Crippen molar-refractivity contribution in [3.05, 3.63) is 24.3 Å². The van der Waals surface area contributed by atoms with E-state index in [9.17, 15) is 0 Å². The van der Waals surface area contributed by atoms with E-state index in [-0.39, 0.29) is 0 Å². The van der Waals surface area contributed by atoms with Gasteiger partial charge in [0.15, 0.2) is 0 Å². The van der Waals surface area contributed by atoms with Gasteiger partial charge in [0.1, 0.15) is 0 Å². The van der Waals surface area contributed by atoms with Crippen LogP contribution in [-0.2, 0) is 4.74 Å². The lowest BCUT2D eigenvalue weighted by Crippen LogP contribution is -2.19. The largest absolute Gasteiger partial charge is 0.373 e. The molecule has 2 atom stereocenters. The Kier molecular flexibility index (Phi) is 2.05. The van der Waals surface area contributed by atoms with E-state index in [1.54, 1.807) is 0 Å². The second-order valence-corrected chi connectivity index (χ2v) is 4.02. The summed E-state index contributed by atoms with van der Waals surface area (Å²) in [5, 5.41) is 0. The molecule has 2 bridgehead atoms. The number of hydrogen-bond acceptors (Lipinski definition) is 1. The fourth-order valence-corrected chi connectivity index (χ4v) is 2.21. The van der Waals surface area contributed by atoms with E-state index in [1.807, 2.05) is 6.92 Å². The summed E-state index contributed by atoms with van der Waals surface area (Å²) in [6.07, 6.45) is 7.75. The molecule has 0 aromatic heterocycles. The van der Waals surface area contributed by atoms with Crippen molar-refractivity contribution < 1.29 is 4.74 Å². The normalized spacial score (nSPS) is 37.6. The molecule has 0 radical (unpaired) electrons. The number of hydrogen-bond donors (Lipinski definition) is 0. The molecular weight excluding hydrogens is 148 g/mol. The van der Waals surface area contributed by atoms with Crippen LogP contribution in [0.4, 0.5) is 0 Å². The Morgan fingerprint density at radius 3 is 2.42 bits per heavy atom. The standard InChI is InChI=1S/C11H16O/c1-8(2)7-12-11-9-3-4-10(11)6-5-9/h3-4,9-11H,1,5-7H2,2H3/t9-,10-/m0/s1. The maximum atomic E-state index is 5.79. The maximum absolute atomic E-state index is 5.79. The van der Waals surface area contributed by atoms with Gasteiger partial charge in [-0.25, -0.2) is 0 Å². The minimum atomic E-state index is 0.474. The molecule has 66 valence electrons. The van der Waals surface area contributed by atoms with E-state index >= 15 is 0 Å². The summed E-state index contributed by atoms with van der Waals surface area (Å²) < 4.78 is 5.79. The Labute approximate surface area is 74.1 Å². The average Bonchev–Trinajstić information content (AvgIpc) is 2.59. The molecule has 0 aromatic rings. The molecule has 1 fully saturated rings. The van der Waals surface area contributed by atoms with Crippen LogP contribution >= 0.6 is 0 Å². The molecule has 0 spiro atoms. The second-order valence-electron chi connectivity index (χ2n) is 4.02. The van der Waals surface area contributed by atoms with Crippen molar-refractivity contribution in [3.8, 4) is 0 Å². The molecule has 2 aliphatic rings. The van der Waals surface area contributed by atoms with Gasteiger partial charge in [0.25, 0.3) is 0 Å². The topological polar surface area (TPSA) is 9.23 Å². The zero-order valence-electron chi connectivity index (χ0n) is 7.62. The zero-order valence-corrected chi connectivity index (χ0v) is 7.62. The quantitative estimate of drug-likeness (QED) is 0.582. The third-order valence-electron chi connectivity index (χ3n) is 2.80. The predicted octanol–water partition coefficient (Wildman–Crippen LogP) is 2.54. The van der Waals surface area contributed by atoms with Crippen LogP contribution in [0.5, 0.6) is 0 Å². The minimum Gasteiger partial charge on any atom is -0.373 e. The van der Waals surface area contributed by atoms with Crippen LogP contribution in [-0.4, -0.2) is 12.7 Å². The van der Waals surface area contributed by atoms with Crippen LogP contribution in [0.2, 0.25) is 0 Å². The molecule has 0 saturated heterocycles. The Hall–Kier alpha value is -0.560. The van der Waals surface area contributed by atoms with Crippen molar-refractivity contribution in [1.29, 1.82) is 0 Å². The summed E-state index contributed by atoms with van der Waals surface area (Å²) in [5.74, 6) is 1.41. The first kappa shape index (κ1) is 8.06. The van der Waals surface area contributed by atoms with E-state index in [4.69, 9.17) is 4.74 Å². The molecule has 0 N–H and O–H groups in total. The van der Waals surface area contributed by atoms with Gasteiger partial charge in [-0.1, -0.05) is 24.3 Å². The summed E-state index contributed by atoms with van der Waals surface area (Å²) in [6.45, 7) is 6.59. The van der Waals surface area contributed by atoms with E-state index < -0.39 is 0 Å².